The Balaban J connectivity index is 1.63. The maximum Gasteiger partial charge on any atom is 0.163 e. The van der Waals surface area contributed by atoms with E-state index in [0.717, 1.165) is 37.6 Å². The van der Waals surface area contributed by atoms with E-state index < -0.39 is 0 Å². The van der Waals surface area contributed by atoms with Gasteiger partial charge < -0.3 is 9.64 Å². The van der Waals surface area contributed by atoms with Crippen molar-refractivity contribution in [1.82, 2.24) is 4.98 Å². The summed E-state index contributed by atoms with van der Waals surface area (Å²) in [7, 11) is 0. The van der Waals surface area contributed by atoms with Gasteiger partial charge in [0.2, 0.25) is 0 Å². The van der Waals surface area contributed by atoms with Gasteiger partial charge >= 0.3 is 0 Å². The lowest BCUT2D eigenvalue weighted by atomic mass is 9.83. The second kappa shape index (κ2) is 9.23. The van der Waals surface area contributed by atoms with Crippen molar-refractivity contribution in [2.75, 3.05) is 31.2 Å². The van der Waals surface area contributed by atoms with Gasteiger partial charge in [-0.1, -0.05) is 36.4 Å². The predicted octanol–water partition coefficient (Wildman–Crippen LogP) is 4.94. The molecule has 1 aliphatic rings. The monoisotopic (exact) mass is 400 g/mol. The van der Waals surface area contributed by atoms with E-state index in [9.17, 15) is 4.79 Å². The van der Waals surface area contributed by atoms with E-state index in [4.69, 9.17) is 4.74 Å². The SMILES string of the molecule is Cc1cc(C(=O)C[C@@H](c2ccc(N3CCOCC3)cc2)c2ccccc2C)ccn1. The number of rotatable bonds is 6. The molecule has 154 valence electrons. The number of aromatic nitrogens is 1. The van der Waals surface area contributed by atoms with Crippen LogP contribution in [0.3, 0.4) is 0 Å². The molecule has 30 heavy (non-hydrogen) atoms. The van der Waals surface area contributed by atoms with Gasteiger partial charge in [-0.15, -0.1) is 0 Å². The molecule has 4 heteroatoms. The zero-order valence-electron chi connectivity index (χ0n) is 17.7. The summed E-state index contributed by atoms with van der Waals surface area (Å²) in [5, 5.41) is 0. The molecule has 1 atom stereocenters. The van der Waals surface area contributed by atoms with Crippen molar-refractivity contribution in [2.24, 2.45) is 0 Å². The van der Waals surface area contributed by atoms with Crippen molar-refractivity contribution >= 4 is 11.5 Å². The molecule has 0 unspecified atom stereocenters. The standard InChI is InChI=1S/C26H28N2O2/c1-19-5-3-4-6-24(19)25(18-26(29)22-11-12-27-20(2)17-22)21-7-9-23(10-8-21)28-13-15-30-16-14-28/h3-12,17,25H,13-16,18H2,1-2H3/t25-/m0/s1. The number of nitrogens with zero attached hydrogens (tertiary/aromatic N) is 2. The summed E-state index contributed by atoms with van der Waals surface area (Å²) < 4.78 is 5.46. The molecule has 1 aliphatic heterocycles. The minimum atomic E-state index is 0.0194. The van der Waals surface area contributed by atoms with Crippen LogP contribution in [0.5, 0.6) is 0 Å². The summed E-state index contributed by atoms with van der Waals surface area (Å²) in [5.41, 5.74) is 6.38. The lowest BCUT2D eigenvalue weighted by Gasteiger charge is -2.29. The molecule has 0 saturated carbocycles. The van der Waals surface area contributed by atoms with Gasteiger partial charge in [-0.05, 0) is 54.8 Å². The number of ether oxygens (including phenoxy) is 1. The van der Waals surface area contributed by atoms with Gasteiger partial charge in [-0.25, -0.2) is 0 Å². The van der Waals surface area contributed by atoms with Crippen LogP contribution in [0.25, 0.3) is 0 Å². The molecule has 4 rings (SSSR count). The topological polar surface area (TPSA) is 42.4 Å². The molecule has 0 N–H and O–H groups in total. The summed E-state index contributed by atoms with van der Waals surface area (Å²) in [4.78, 5) is 19.7. The Labute approximate surface area is 178 Å². The lowest BCUT2D eigenvalue weighted by molar-refractivity contribution is 0.0977. The first-order chi connectivity index (χ1) is 14.6. The summed E-state index contributed by atoms with van der Waals surface area (Å²) >= 11 is 0. The molecular weight excluding hydrogens is 372 g/mol. The largest absolute Gasteiger partial charge is 0.378 e. The van der Waals surface area contributed by atoms with E-state index in [2.05, 4.69) is 59.3 Å². The number of anilines is 1. The zero-order valence-corrected chi connectivity index (χ0v) is 17.7. The highest BCUT2D eigenvalue weighted by Crippen LogP contribution is 2.33. The lowest BCUT2D eigenvalue weighted by Crippen LogP contribution is -2.36. The quantitative estimate of drug-likeness (QED) is 0.550. The van der Waals surface area contributed by atoms with E-state index >= 15 is 0 Å². The van der Waals surface area contributed by atoms with E-state index in [-0.39, 0.29) is 11.7 Å². The van der Waals surface area contributed by atoms with Gasteiger partial charge in [-0.3, -0.25) is 9.78 Å². The first-order valence-corrected chi connectivity index (χ1v) is 10.6. The first-order valence-electron chi connectivity index (χ1n) is 10.6. The highest BCUT2D eigenvalue weighted by Gasteiger charge is 2.21. The van der Waals surface area contributed by atoms with Gasteiger partial charge in [0.25, 0.3) is 0 Å². The predicted molar refractivity (Wildman–Crippen MR) is 120 cm³/mol. The summed E-state index contributed by atoms with van der Waals surface area (Å²) in [5.74, 6) is 0.164. The van der Waals surface area contributed by atoms with Gasteiger partial charge in [0, 0.05) is 48.6 Å². The molecule has 2 heterocycles. The van der Waals surface area contributed by atoms with Crippen LogP contribution in [0.4, 0.5) is 5.69 Å². The smallest absolute Gasteiger partial charge is 0.163 e. The van der Waals surface area contributed by atoms with E-state index in [1.54, 1.807) is 6.20 Å². The number of hydrogen-bond acceptors (Lipinski definition) is 4. The molecule has 1 aromatic heterocycles. The summed E-state index contributed by atoms with van der Waals surface area (Å²) in [6, 6.07) is 20.7. The number of aryl methyl sites for hydroxylation is 2. The normalized spacial score (nSPS) is 15.1. The molecule has 0 amide bonds. The van der Waals surface area contributed by atoms with Crippen molar-refractivity contribution in [3.8, 4) is 0 Å². The van der Waals surface area contributed by atoms with E-state index in [1.165, 1.54) is 22.4 Å². The second-order valence-electron chi connectivity index (χ2n) is 7.91. The molecule has 0 bridgehead atoms. The number of carbonyl (C=O) groups excluding carboxylic acids is 1. The maximum atomic E-state index is 13.1. The van der Waals surface area contributed by atoms with Crippen LogP contribution in [0, 0.1) is 13.8 Å². The average Bonchev–Trinajstić information content (AvgIpc) is 2.79. The molecule has 0 aliphatic carbocycles. The fourth-order valence-electron chi connectivity index (χ4n) is 4.15. The minimum Gasteiger partial charge on any atom is -0.378 e. The van der Waals surface area contributed by atoms with Crippen LogP contribution in [0.15, 0.2) is 66.9 Å². The molecule has 0 spiro atoms. The van der Waals surface area contributed by atoms with Gasteiger partial charge in [0.1, 0.15) is 0 Å². The third kappa shape index (κ3) is 4.60. The summed E-state index contributed by atoms with van der Waals surface area (Å²) in [6.07, 6.45) is 2.15. The van der Waals surface area contributed by atoms with Gasteiger partial charge in [-0.2, -0.15) is 0 Å². The van der Waals surface area contributed by atoms with Crippen LogP contribution >= 0.6 is 0 Å². The van der Waals surface area contributed by atoms with Crippen LogP contribution in [-0.2, 0) is 4.74 Å². The number of Topliss-reactive ketones (excluding diaryl/α,β-unsaturated/α-hetero) is 1. The third-order valence-corrected chi connectivity index (χ3v) is 5.84. The molecule has 4 nitrogen and oxygen atoms in total. The Morgan fingerprint density at radius 3 is 2.47 bits per heavy atom. The van der Waals surface area contributed by atoms with Crippen LogP contribution in [0.1, 0.15) is 45.1 Å². The Morgan fingerprint density at radius 1 is 1.03 bits per heavy atom. The second-order valence-corrected chi connectivity index (χ2v) is 7.91. The molecular formula is C26H28N2O2. The number of carbonyl (C=O) groups is 1. The van der Waals surface area contributed by atoms with Crippen molar-refractivity contribution in [2.45, 2.75) is 26.2 Å². The number of hydrogen-bond donors (Lipinski definition) is 0. The van der Waals surface area contributed by atoms with Crippen LogP contribution in [0.2, 0.25) is 0 Å². The zero-order chi connectivity index (χ0) is 20.9. The highest BCUT2D eigenvalue weighted by molar-refractivity contribution is 5.96. The Bertz CT molecular complexity index is 1010. The van der Waals surface area contributed by atoms with Gasteiger partial charge in [0.15, 0.2) is 5.78 Å². The molecule has 0 radical (unpaired) electrons. The average molecular weight is 401 g/mol. The van der Waals surface area contributed by atoms with Crippen molar-refractivity contribution < 1.29 is 9.53 Å². The molecule has 2 aromatic carbocycles. The maximum absolute atomic E-state index is 13.1. The molecule has 1 fully saturated rings. The Hall–Kier alpha value is -2.98. The molecule has 1 saturated heterocycles. The Kier molecular flexibility index (Phi) is 6.24. The summed E-state index contributed by atoms with van der Waals surface area (Å²) in [6.45, 7) is 7.41. The number of morpholine rings is 1. The molecule has 3 aromatic rings. The fourth-order valence-corrected chi connectivity index (χ4v) is 4.15. The van der Waals surface area contributed by atoms with Crippen molar-refractivity contribution in [3.63, 3.8) is 0 Å². The van der Waals surface area contributed by atoms with E-state index in [0.29, 0.717) is 6.42 Å². The number of pyridine rings is 1. The van der Waals surface area contributed by atoms with Crippen molar-refractivity contribution in [1.29, 1.82) is 0 Å². The number of benzene rings is 2. The minimum absolute atomic E-state index is 0.0194. The fraction of sp³-hybridized carbons (Fsp3) is 0.308. The highest BCUT2D eigenvalue weighted by atomic mass is 16.5. The van der Waals surface area contributed by atoms with Gasteiger partial charge in [0.05, 0.1) is 13.2 Å². The Morgan fingerprint density at radius 2 is 1.77 bits per heavy atom. The first kappa shape index (κ1) is 20.3. The van der Waals surface area contributed by atoms with Crippen LogP contribution in [-0.4, -0.2) is 37.1 Å². The van der Waals surface area contributed by atoms with E-state index in [1.807, 2.05) is 25.1 Å². The van der Waals surface area contributed by atoms with Crippen LogP contribution < -0.4 is 4.90 Å². The third-order valence-electron chi connectivity index (χ3n) is 5.84. The number of ketones is 1. The van der Waals surface area contributed by atoms with Crippen molar-refractivity contribution in [3.05, 3.63) is 94.8 Å².